The first-order valence-corrected chi connectivity index (χ1v) is 8.12. The number of H-pyrrole nitrogens is 1. The van der Waals surface area contributed by atoms with Crippen molar-refractivity contribution < 1.29 is 9.53 Å². The lowest BCUT2D eigenvalue weighted by Crippen LogP contribution is -2.50. The van der Waals surface area contributed by atoms with E-state index in [-0.39, 0.29) is 5.78 Å². The third-order valence-corrected chi connectivity index (χ3v) is 4.04. The average molecular weight is 313 g/mol. The third kappa shape index (κ3) is 4.42. The Morgan fingerprint density at radius 3 is 2.39 bits per heavy atom. The van der Waals surface area contributed by atoms with Crippen LogP contribution in [-0.4, -0.2) is 35.2 Å². The fourth-order valence-electron chi connectivity index (χ4n) is 2.28. The molecule has 2 fully saturated rings. The van der Waals surface area contributed by atoms with E-state index >= 15 is 0 Å². The summed E-state index contributed by atoms with van der Waals surface area (Å²) in [6.07, 6.45) is 2.85. The number of ketones is 1. The number of benzene rings is 1. The van der Waals surface area contributed by atoms with Gasteiger partial charge in [0.1, 0.15) is 17.5 Å². The van der Waals surface area contributed by atoms with Gasteiger partial charge in [0.25, 0.3) is 0 Å². The molecule has 0 unspecified atom stereocenters. The standard InChI is InChI=1S/C10H13NO.C8H10N2O/c1-8-2-4-9(5-3-8)12-10-6-11-7-10;1-5(11)7-4-8(10-9-7)6-2-3-6/h2-5,10-11H,6-7H2,1H3;4,6H,2-3H2,1H3,(H,9,10). The largest absolute Gasteiger partial charge is 0.488 e. The quantitative estimate of drug-likeness (QED) is 0.852. The number of rotatable bonds is 4. The highest BCUT2D eigenvalue weighted by atomic mass is 16.5. The molecule has 1 aromatic heterocycles. The Labute approximate surface area is 136 Å². The number of aromatic nitrogens is 2. The molecular formula is C18H23N3O2. The molecular weight excluding hydrogens is 290 g/mol. The normalized spacial score (nSPS) is 17.0. The van der Waals surface area contributed by atoms with Gasteiger partial charge in [0.15, 0.2) is 5.78 Å². The molecule has 0 atom stereocenters. The van der Waals surface area contributed by atoms with Gasteiger partial charge in [0, 0.05) is 31.6 Å². The molecule has 1 aromatic carbocycles. The molecule has 2 aromatic rings. The Kier molecular flexibility index (Phi) is 4.76. The Morgan fingerprint density at radius 1 is 1.22 bits per heavy atom. The van der Waals surface area contributed by atoms with Crippen LogP contribution in [0.25, 0.3) is 0 Å². The SMILES string of the molecule is CC(=O)c1cc(C2CC2)[nH]n1.Cc1ccc(OC2CNC2)cc1. The number of nitrogens with one attached hydrogen (secondary N) is 2. The molecule has 5 heteroatoms. The number of aryl methyl sites for hydroxylation is 1. The number of nitrogens with zero attached hydrogens (tertiary/aromatic N) is 1. The zero-order valence-corrected chi connectivity index (χ0v) is 13.6. The lowest BCUT2D eigenvalue weighted by Gasteiger charge is -2.27. The second kappa shape index (κ2) is 6.96. The minimum absolute atomic E-state index is 0.0353. The van der Waals surface area contributed by atoms with E-state index in [0.717, 1.165) is 24.5 Å². The first-order valence-electron chi connectivity index (χ1n) is 8.12. The molecule has 2 aliphatic rings. The number of carbonyl (C=O) groups excluding carboxylic acids is 1. The zero-order chi connectivity index (χ0) is 16.2. The number of hydrogen-bond donors (Lipinski definition) is 2. The lowest BCUT2D eigenvalue weighted by molar-refractivity contribution is 0.101. The van der Waals surface area contributed by atoms with E-state index in [0.29, 0.717) is 17.7 Å². The van der Waals surface area contributed by atoms with Crippen LogP contribution in [0.3, 0.4) is 0 Å². The van der Waals surface area contributed by atoms with Crippen molar-refractivity contribution in [2.24, 2.45) is 0 Å². The molecule has 23 heavy (non-hydrogen) atoms. The van der Waals surface area contributed by atoms with Crippen LogP contribution in [0.1, 0.15) is 47.4 Å². The maximum absolute atomic E-state index is 10.8. The molecule has 0 amide bonds. The molecule has 1 saturated carbocycles. The van der Waals surface area contributed by atoms with Crippen LogP contribution in [0.15, 0.2) is 30.3 Å². The van der Waals surface area contributed by atoms with Crippen LogP contribution in [0, 0.1) is 6.92 Å². The van der Waals surface area contributed by atoms with Crippen LogP contribution in [-0.2, 0) is 0 Å². The highest BCUT2D eigenvalue weighted by molar-refractivity contribution is 5.92. The first kappa shape index (κ1) is 15.7. The van der Waals surface area contributed by atoms with Gasteiger partial charge in [-0.3, -0.25) is 9.89 Å². The maximum Gasteiger partial charge on any atom is 0.179 e. The molecule has 4 rings (SSSR count). The number of aromatic amines is 1. The van der Waals surface area contributed by atoms with E-state index < -0.39 is 0 Å². The van der Waals surface area contributed by atoms with Crippen molar-refractivity contribution in [3.63, 3.8) is 0 Å². The molecule has 0 spiro atoms. The second-order valence-electron chi connectivity index (χ2n) is 6.25. The van der Waals surface area contributed by atoms with E-state index in [1.165, 1.54) is 25.3 Å². The Balaban J connectivity index is 0.000000136. The van der Waals surface area contributed by atoms with Crippen LogP contribution in [0.4, 0.5) is 0 Å². The number of Topliss-reactive ketones (excluding diaryl/α,β-unsaturated/α-hetero) is 1. The monoisotopic (exact) mass is 313 g/mol. The summed E-state index contributed by atoms with van der Waals surface area (Å²) in [4.78, 5) is 10.8. The van der Waals surface area contributed by atoms with Crippen molar-refractivity contribution >= 4 is 5.78 Å². The number of ether oxygens (including phenoxy) is 1. The predicted molar refractivity (Wildman–Crippen MR) is 89.0 cm³/mol. The molecule has 2 N–H and O–H groups in total. The van der Waals surface area contributed by atoms with Gasteiger partial charge < -0.3 is 10.1 Å². The summed E-state index contributed by atoms with van der Waals surface area (Å²) in [6, 6.07) is 10.0. The van der Waals surface area contributed by atoms with E-state index in [1.54, 1.807) is 0 Å². The van der Waals surface area contributed by atoms with Gasteiger partial charge in [0.05, 0.1) is 0 Å². The van der Waals surface area contributed by atoms with Crippen molar-refractivity contribution in [3.8, 4) is 5.75 Å². The summed E-state index contributed by atoms with van der Waals surface area (Å²) >= 11 is 0. The number of carbonyl (C=O) groups is 1. The van der Waals surface area contributed by atoms with Crippen LogP contribution in [0.2, 0.25) is 0 Å². The van der Waals surface area contributed by atoms with Crippen molar-refractivity contribution in [2.45, 2.75) is 38.7 Å². The van der Waals surface area contributed by atoms with Crippen LogP contribution >= 0.6 is 0 Å². The van der Waals surface area contributed by atoms with Gasteiger partial charge in [-0.15, -0.1) is 0 Å². The summed E-state index contributed by atoms with van der Waals surface area (Å²) in [5, 5.41) is 9.95. The summed E-state index contributed by atoms with van der Waals surface area (Å²) in [5.41, 5.74) is 2.95. The minimum Gasteiger partial charge on any atom is -0.488 e. The summed E-state index contributed by atoms with van der Waals surface area (Å²) in [6.45, 7) is 5.57. The van der Waals surface area contributed by atoms with E-state index in [9.17, 15) is 4.79 Å². The topological polar surface area (TPSA) is 67.0 Å². The summed E-state index contributed by atoms with van der Waals surface area (Å²) in [7, 11) is 0. The van der Waals surface area contributed by atoms with Gasteiger partial charge in [0.2, 0.25) is 0 Å². The van der Waals surface area contributed by atoms with Gasteiger partial charge in [-0.1, -0.05) is 17.7 Å². The summed E-state index contributed by atoms with van der Waals surface area (Å²) in [5.74, 6) is 1.66. The Morgan fingerprint density at radius 2 is 1.91 bits per heavy atom. The molecule has 5 nitrogen and oxygen atoms in total. The molecule has 1 saturated heterocycles. The second-order valence-corrected chi connectivity index (χ2v) is 6.25. The van der Waals surface area contributed by atoms with Crippen molar-refractivity contribution in [1.82, 2.24) is 15.5 Å². The van der Waals surface area contributed by atoms with Crippen LogP contribution < -0.4 is 10.1 Å². The average Bonchev–Trinajstić information content (AvgIpc) is 3.22. The highest BCUT2D eigenvalue weighted by Crippen LogP contribution is 2.38. The highest BCUT2D eigenvalue weighted by Gasteiger charge is 2.25. The summed E-state index contributed by atoms with van der Waals surface area (Å²) < 4.78 is 5.64. The van der Waals surface area contributed by atoms with Crippen LogP contribution in [0.5, 0.6) is 5.75 Å². The molecule has 122 valence electrons. The molecule has 1 aliphatic carbocycles. The minimum atomic E-state index is 0.0353. The Bertz CT molecular complexity index is 655. The zero-order valence-electron chi connectivity index (χ0n) is 13.6. The smallest absolute Gasteiger partial charge is 0.179 e. The van der Waals surface area contributed by atoms with Gasteiger partial charge >= 0.3 is 0 Å². The maximum atomic E-state index is 10.8. The van der Waals surface area contributed by atoms with Gasteiger partial charge in [-0.05, 0) is 38.0 Å². The molecule has 2 heterocycles. The number of hydrogen-bond acceptors (Lipinski definition) is 4. The van der Waals surface area contributed by atoms with Gasteiger partial charge in [-0.2, -0.15) is 5.10 Å². The molecule has 0 bridgehead atoms. The fraction of sp³-hybridized carbons (Fsp3) is 0.444. The first-order chi connectivity index (χ1) is 11.1. The molecule has 1 aliphatic heterocycles. The molecule has 0 radical (unpaired) electrons. The third-order valence-electron chi connectivity index (χ3n) is 4.04. The van der Waals surface area contributed by atoms with E-state index in [4.69, 9.17) is 4.74 Å². The fourth-order valence-corrected chi connectivity index (χ4v) is 2.28. The Hall–Kier alpha value is -2.14. The van der Waals surface area contributed by atoms with Crippen molar-refractivity contribution in [1.29, 1.82) is 0 Å². The lowest BCUT2D eigenvalue weighted by atomic mass is 10.2. The predicted octanol–water partition coefficient (Wildman–Crippen LogP) is 2.84. The van der Waals surface area contributed by atoms with Crippen molar-refractivity contribution in [3.05, 3.63) is 47.3 Å². The van der Waals surface area contributed by atoms with E-state index in [1.807, 2.05) is 18.2 Å². The van der Waals surface area contributed by atoms with E-state index in [2.05, 4.69) is 34.6 Å². The van der Waals surface area contributed by atoms with Crippen molar-refractivity contribution in [2.75, 3.05) is 13.1 Å². The van der Waals surface area contributed by atoms with Gasteiger partial charge in [-0.25, -0.2) is 0 Å².